The van der Waals surface area contributed by atoms with Crippen LogP contribution >= 0.6 is 11.6 Å². The zero-order valence-electron chi connectivity index (χ0n) is 19.1. The Balaban J connectivity index is 1.34. The van der Waals surface area contributed by atoms with Gasteiger partial charge in [-0.15, -0.1) is 0 Å². The van der Waals surface area contributed by atoms with Gasteiger partial charge in [0.25, 0.3) is 0 Å². The highest BCUT2D eigenvalue weighted by atomic mass is 35.5. The molecule has 0 atom stereocenters. The molecule has 1 aliphatic rings. The van der Waals surface area contributed by atoms with Gasteiger partial charge in [-0.2, -0.15) is 10.2 Å². The van der Waals surface area contributed by atoms with Crippen LogP contribution in [0.4, 0.5) is 5.82 Å². The van der Waals surface area contributed by atoms with Crippen molar-refractivity contribution in [3.05, 3.63) is 77.2 Å². The molecule has 0 saturated carbocycles. The number of aromatic nitrogens is 5. The van der Waals surface area contributed by atoms with E-state index in [0.29, 0.717) is 36.8 Å². The number of carbonyl (C=O) groups is 1. The van der Waals surface area contributed by atoms with Crippen molar-refractivity contribution in [3.63, 3.8) is 0 Å². The van der Waals surface area contributed by atoms with Crippen LogP contribution in [0.3, 0.4) is 0 Å². The number of hydrogen-bond donors (Lipinski definition) is 0. The van der Waals surface area contributed by atoms with Gasteiger partial charge in [-0.1, -0.05) is 29.8 Å². The third kappa shape index (κ3) is 4.41. The van der Waals surface area contributed by atoms with Crippen LogP contribution in [-0.2, 0) is 24.5 Å². The van der Waals surface area contributed by atoms with Crippen molar-refractivity contribution < 1.29 is 9.53 Å². The SMILES string of the molecule is CC(C)n1ncc(Cl)c1-c1cc2n(n1)CCC(=O)N2Cc1ccc(OCc2ccccn2)cc1. The van der Waals surface area contributed by atoms with E-state index in [-0.39, 0.29) is 11.9 Å². The molecule has 0 saturated heterocycles. The first-order chi connectivity index (χ1) is 16.5. The molecule has 0 bridgehead atoms. The smallest absolute Gasteiger partial charge is 0.230 e. The van der Waals surface area contributed by atoms with Crippen LogP contribution in [0.1, 0.15) is 37.6 Å². The Labute approximate surface area is 202 Å². The van der Waals surface area contributed by atoms with E-state index >= 15 is 0 Å². The second kappa shape index (κ2) is 9.30. The van der Waals surface area contributed by atoms with E-state index in [1.54, 1.807) is 17.3 Å². The van der Waals surface area contributed by atoms with E-state index in [4.69, 9.17) is 21.4 Å². The molecule has 1 aromatic carbocycles. The minimum Gasteiger partial charge on any atom is -0.487 e. The molecule has 174 valence electrons. The highest BCUT2D eigenvalue weighted by Gasteiger charge is 2.28. The summed E-state index contributed by atoms with van der Waals surface area (Å²) in [6, 6.07) is 15.6. The number of rotatable bonds is 7. The third-order valence-electron chi connectivity index (χ3n) is 5.73. The van der Waals surface area contributed by atoms with Crippen LogP contribution in [0.15, 0.2) is 60.9 Å². The summed E-state index contributed by atoms with van der Waals surface area (Å²) in [5, 5.41) is 9.67. The molecule has 0 fully saturated rings. The summed E-state index contributed by atoms with van der Waals surface area (Å²) in [4.78, 5) is 18.9. The molecule has 4 heterocycles. The lowest BCUT2D eigenvalue weighted by atomic mass is 10.1. The second-order valence-corrected chi connectivity index (χ2v) is 8.88. The van der Waals surface area contributed by atoms with Gasteiger partial charge in [0.1, 0.15) is 29.6 Å². The van der Waals surface area contributed by atoms with Crippen LogP contribution < -0.4 is 9.64 Å². The van der Waals surface area contributed by atoms with Crippen molar-refractivity contribution >= 4 is 23.3 Å². The summed E-state index contributed by atoms with van der Waals surface area (Å²) in [6.45, 7) is 5.48. The molecule has 0 spiro atoms. The number of amides is 1. The zero-order chi connectivity index (χ0) is 23.7. The highest BCUT2D eigenvalue weighted by Crippen LogP contribution is 2.34. The fourth-order valence-electron chi connectivity index (χ4n) is 4.02. The monoisotopic (exact) mass is 476 g/mol. The fraction of sp³-hybridized carbons (Fsp3) is 0.280. The number of nitrogens with zero attached hydrogens (tertiary/aromatic N) is 6. The Hall–Kier alpha value is -3.65. The Morgan fingerprint density at radius 2 is 1.97 bits per heavy atom. The Morgan fingerprint density at radius 1 is 1.15 bits per heavy atom. The van der Waals surface area contributed by atoms with E-state index in [0.717, 1.165) is 28.5 Å². The summed E-state index contributed by atoms with van der Waals surface area (Å²) in [6.07, 6.45) is 3.78. The van der Waals surface area contributed by atoms with Gasteiger partial charge >= 0.3 is 0 Å². The van der Waals surface area contributed by atoms with E-state index in [9.17, 15) is 4.79 Å². The molecule has 3 aromatic heterocycles. The predicted octanol–water partition coefficient (Wildman–Crippen LogP) is 4.89. The molecule has 1 aliphatic heterocycles. The lowest BCUT2D eigenvalue weighted by molar-refractivity contribution is -0.119. The van der Waals surface area contributed by atoms with Crippen molar-refractivity contribution in [3.8, 4) is 17.1 Å². The summed E-state index contributed by atoms with van der Waals surface area (Å²) >= 11 is 6.43. The summed E-state index contributed by atoms with van der Waals surface area (Å²) in [5.74, 6) is 1.58. The molecule has 4 aromatic rings. The lowest BCUT2D eigenvalue weighted by Gasteiger charge is -2.27. The first kappa shape index (κ1) is 22.2. The maximum atomic E-state index is 12.8. The molecular weight excluding hydrogens is 452 g/mol. The molecular formula is C25H25ClN6O2. The number of hydrogen-bond acceptors (Lipinski definition) is 5. The van der Waals surface area contributed by atoms with Gasteiger partial charge in [0.2, 0.25) is 5.91 Å². The molecule has 0 N–H and O–H groups in total. The summed E-state index contributed by atoms with van der Waals surface area (Å²) < 4.78 is 9.55. The number of halogens is 1. The van der Waals surface area contributed by atoms with E-state index in [2.05, 4.69) is 10.1 Å². The van der Waals surface area contributed by atoms with Crippen molar-refractivity contribution in [1.29, 1.82) is 0 Å². The Morgan fingerprint density at radius 3 is 2.71 bits per heavy atom. The first-order valence-electron chi connectivity index (χ1n) is 11.2. The number of ether oxygens (including phenoxy) is 1. The van der Waals surface area contributed by atoms with Crippen molar-refractivity contribution in [2.75, 3.05) is 4.90 Å². The average Bonchev–Trinajstić information content (AvgIpc) is 3.44. The van der Waals surface area contributed by atoms with E-state index in [1.165, 1.54) is 0 Å². The molecule has 0 aliphatic carbocycles. The molecule has 1 amide bonds. The lowest BCUT2D eigenvalue weighted by Crippen LogP contribution is -2.36. The zero-order valence-corrected chi connectivity index (χ0v) is 19.8. The maximum absolute atomic E-state index is 12.8. The van der Waals surface area contributed by atoms with Crippen LogP contribution in [-0.4, -0.2) is 30.5 Å². The van der Waals surface area contributed by atoms with Gasteiger partial charge in [0.15, 0.2) is 0 Å². The topological polar surface area (TPSA) is 78.1 Å². The number of pyridine rings is 1. The molecule has 9 heteroatoms. The first-order valence-corrected chi connectivity index (χ1v) is 11.6. The van der Waals surface area contributed by atoms with Crippen molar-refractivity contribution in [1.82, 2.24) is 24.5 Å². The van der Waals surface area contributed by atoms with Gasteiger partial charge in [-0.05, 0) is 43.7 Å². The second-order valence-electron chi connectivity index (χ2n) is 8.47. The maximum Gasteiger partial charge on any atom is 0.230 e. The molecule has 5 rings (SSSR count). The largest absolute Gasteiger partial charge is 0.487 e. The van der Waals surface area contributed by atoms with Crippen LogP contribution in [0.5, 0.6) is 5.75 Å². The number of aryl methyl sites for hydroxylation is 1. The molecule has 8 nitrogen and oxygen atoms in total. The molecule has 34 heavy (non-hydrogen) atoms. The standard InChI is InChI=1S/C25H25ClN6O2/c1-17(2)32-25(21(26)14-28-32)22-13-23-30(24(33)10-12-31(23)29-22)15-18-6-8-20(9-7-18)34-16-19-5-3-4-11-27-19/h3-9,11,13-14,17H,10,12,15-16H2,1-2H3. The quantitative estimate of drug-likeness (QED) is 0.379. The minimum atomic E-state index is 0.0675. The number of fused-ring (bicyclic) bond motifs is 1. The van der Waals surface area contributed by atoms with Crippen LogP contribution in [0, 0.1) is 0 Å². The third-order valence-corrected chi connectivity index (χ3v) is 6.01. The normalized spacial score (nSPS) is 13.4. The van der Waals surface area contributed by atoms with Gasteiger partial charge in [0, 0.05) is 24.7 Å². The number of benzene rings is 1. The minimum absolute atomic E-state index is 0.0675. The average molecular weight is 477 g/mol. The number of carbonyl (C=O) groups excluding carboxylic acids is 1. The fourth-order valence-corrected chi connectivity index (χ4v) is 4.25. The van der Waals surface area contributed by atoms with Gasteiger partial charge < -0.3 is 4.74 Å². The van der Waals surface area contributed by atoms with E-state index < -0.39 is 0 Å². The summed E-state index contributed by atoms with van der Waals surface area (Å²) in [7, 11) is 0. The Kier molecular flexibility index (Phi) is 6.06. The molecule has 0 unspecified atom stereocenters. The van der Waals surface area contributed by atoms with Crippen LogP contribution in [0.2, 0.25) is 5.02 Å². The number of anilines is 1. The van der Waals surface area contributed by atoms with Gasteiger partial charge in [-0.3, -0.25) is 19.4 Å². The Bertz CT molecular complexity index is 1300. The van der Waals surface area contributed by atoms with Crippen molar-refractivity contribution in [2.24, 2.45) is 0 Å². The van der Waals surface area contributed by atoms with Gasteiger partial charge in [0.05, 0.1) is 30.0 Å². The van der Waals surface area contributed by atoms with E-state index in [1.807, 2.05) is 71.7 Å². The highest BCUT2D eigenvalue weighted by molar-refractivity contribution is 6.33. The van der Waals surface area contributed by atoms with Gasteiger partial charge in [-0.25, -0.2) is 4.68 Å². The predicted molar refractivity (Wildman–Crippen MR) is 130 cm³/mol. The summed E-state index contributed by atoms with van der Waals surface area (Å²) in [5.41, 5.74) is 3.35. The van der Waals surface area contributed by atoms with Crippen molar-refractivity contribution in [2.45, 2.75) is 46.0 Å². The van der Waals surface area contributed by atoms with Crippen LogP contribution in [0.25, 0.3) is 11.4 Å². The molecule has 0 radical (unpaired) electrons.